The maximum atomic E-state index is 6.22. The number of aryl methyl sites for hydroxylation is 1. The predicted molar refractivity (Wildman–Crippen MR) is 82.6 cm³/mol. The monoisotopic (exact) mass is 273 g/mol. The van der Waals surface area contributed by atoms with Crippen LogP contribution in [0.3, 0.4) is 0 Å². The van der Waals surface area contributed by atoms with Gasteiger partial charge in [-0.25, -0.2) is 0 Å². The highest BCUT2D eigenvalue weighted by atomic mass is 35.5. The molecule has 2 aromatic carbocycles. The lowest BCUT2D eigenvalue weighted by atomic mass is 9.91. The molecule has 0 radical (unpaired) electrons. The third kappa shape index (κ3) is 3.82. The van der Waals surface area contributed by atoms with E-state index in [4.69, 9.17) is 17.3 Å². The smallest absolute Gasteiger partial charge is 0.0438 e. The summed E-state index contributed by atoms with van der Waals surface area (Å²) in [7, 11) is 0. The van der Waals surface area contributed by atoms with Gasteiger partial charge in [0.25, 0.3) is 0 Å². The molecule has 2 aromatic rings. The minimum Gasteiger partial charge on any atom is -0.330 e. The molecule has 0 fully saturated rings. The normalized spacial score (nSPS) is 12.4. The molecule has 100 valence electrons. The minimum absolute atomic E-state index is 0.431. The molecule has 0 aromatic heterocycles. The second kappa shape index (κ2) is 6.74. The topological polar surface area (TPSA) is 26.0 Å². The Balaban J connectivity index is 2.09. The van der Waals surface area contributed by atoms with Crippen LogP contribution in [0.2, 0.25) is 5.02 Å². The first kappa shape index (κ1) is 14.1. The molecule has 0 amide bonds. The van der Waals surface area contributed by atoms with Gasteiger partial charge in [0, 0.05) is 5.02 Å². The summed E-state index contributed by atoms with van der Waals surface area (Å²) in [6, 6.07) is 16.5. The van der Waals surface area contributed by atoms with Crippen molar-refractivity contribution in [3.63, 3.8) is 0 Å². The lowest BCUT2D eigenvalue weighted by Crippen LogP contribution is -2.20. The molecule has 1 nitrogen and oxygen atoms in total. The van der Waals surface area contributed by atoms with E-state index in [0.717, 1.165) is 17.9 Å². The molecule has 2 N–H and O–H groups in total. The third-order valence-electron chi connectivity index (χ3n) is 3.57. The lowest BCUT2D eigenvalue weighted by Gasteiger charge is -2.17. The molecule has 0 saturated carbocycles. The van der Waals surface area contributed by atoms with Crippen molar-refractivity contribution in [2.24, 2.45) is 11.7 Å². The summed E-state index contributed by atoms with van der Waals surface area (Å²) in [6.07, 6.45) is 1.94. The van der Waals surface area contributed by atoms with Gasteiger partial charge < -0.3 is 5.73 Å². The Morgan fingerprint density at radius 1 is 0.947 bits per heavy atom. The van der Waals surface area contributed by atoms with Gasteiger partial charge in [0.05, 0.1) is 0 Å². The molecule has 0 bridgehead atoms. The van der Waals surface area contributed by atoms with Crippen LogP contribution in [0, 0.1) is 12.8 Å². The second-order valence-electron chi connectivity index (χ2n) is 5.03. The number of benzene rings is 2. The van der Waals surface area contributed by atoms with Crippen LogP contribution >= 0.6 is 11.6 Å². The van der Waals surface area contributed by atoms with E-state index in [2.05, 4.69) is 37.3 Å². The van der Waals surface area contributed by atoms with E-state index in [1.807, 2.05) is 18.2 Å². The maximum Gasteiger partial charge on any atom is 0.0438 e. The van der Waals surface area contributed by atoms with Crippen LogP contribution in [0.4, 0.5) is 0 Å². The van der Waals surface area contributed by atoms with E-state index in [-0.39, 0.29) is 0 Å². The van der Waals surface area contributed by atoms with E-state index in [9.17, 15) is 0 Å². The average Bonchev–Trinajstić information content (AvgIpc) is 2.42. The van der Waals surface area contributed by atoms with Gasteiger partial charge >= 0.3 is 0 Å². The lowest BCUT2D eigenvalue weighted by molar-refractivity contribution is 0.532. The molecular formula is C17H20ClN. The van der Waals surface area contributed by atoms with Crippen molar-refractivity contribution in [2.45, 2.75) is 19.8 Å². The first-order valence-electron chi connectivity index (χ1n) is 6.68. The van der Waals surface area contributed by atoms with E-state index in [1.165, 1.54) is 16.7 Å². The minimum atomic E-state index is 0.431. The van der Waals surface area contributed by atoms with Gasteiger partial charge in [-0.1, -0.05) is 54.1 Å². The summed E-state index contributed by atoms with van der Waals surface area (Å²) < 4.78 is 0. The highest BCUT2D eigenvalue weighted by Crippen LogP contribution is 2.21. The molecule has 1 atom stereocenters. The molecule has 0 spiro atoms. The Morgan fingerprint density at radius 3 is 2.16 bits per heavy atom. The fraction of sp³-hybridized carbons (Fsp3) is 0.294. The number of halogens is 1. The summed E-state index contributed by atoms with van der Waals surface area (Å²) in [5.74, 6) is 0.431. The van der Waals surface area contributed by atoms with Crippen LogP contribution < -0.4 is 5.73 Å². The number of rotatable bonds is 5. The first-order chi connectivity index (χ1) is 9.20. The van der Waals surface area contributed by atoms with Crippen molar-refractivity contribution in [3.8, 4) is 0 Å². The fourth-order valence-electron chi connectivity index (χ4n) is 2.36. The van der Waals surface area contributed by atoms with Crippen LogP contribution in [0.1, 0.15) is 16.7 Å². The van der Waals surface area contributed by atoms with Crippen LogP contribution in [-0.4, -0.2) is 6.54 Å². The Kier molecular flexibility index (Phi) is 5.00. The summed E-state index contributed by atoms with van der Waals surface area (Å²) >= 11 is 6.22. The SMILES string of the molecule is Cc1ccccc1CC(CN)Cc1ccccc1Cl. The largest absolute Gasteiger partial charge is 0.330 e. The number of hydrogen-bond acceptors (Lipinski definition) is 1. The van der Waals surface area contributed by atoms with Gasteiger partial charge in [0.1, 0.15) is 0 Å². The Bertz CT molecular complexity index is 489. The van der Waals surface area contributed by atoms with Crippen LogP contribution in [0.25, 0.3) is 0 Å². The molecule has 2 heteroatoms. The Labute approximate surface area is 120 Å². The third-order valence-corrected chi connectivity index (χ3v) is 3.94. The van der Waals surface area contributed by atoms with Crippen molar-refractivity contribution < 1.29 is 0 Å². The van der Waals surface area contributed by atoms with Crippen molar-refractivity contribution in [3.05, 3.63) is 70.2 Å². The summed E-state index contributed by atoms with van der Waals surface area (Å²) in [5.41, 5.74) is 9.83. The Morgan fingerprint density at radius 2 is 1.53 bits per heavy atom. The van der Waals surface area contributed by atoms with Crippen LogP contribution in [-0.2, 0) is 12.8 Å². The van der Waals surface area contributed by atoms with Gasteiger partial charge in [-0.2, -0.15) is 0 Å². The van der Waals surface area contributed by atoms with Gasteiger partial charge in [0.2, 0.25) is 0 Å². The van der Waals surface area contributed by atoms with Crippen LogP contribution in [0.15, 0.2) is 48.5 Å². The molecule has 0 heterocycles. The molecule has 19 heavy (non-hydrogen) atoms. The average molecular weight is 274 g/mol. The zero-order valence-corrected chi connectivity index (χ0v) is 12.0. The molecule has 0 saturated heterocycles. The molecule has 0 aliphatic heterocycles. The number of nitrogens with two attached hydrogens (primary N) is 1. The van der Waals surface area contributed by atoms with E-state index >= 15 is 0 Å². The quantitative estimate of drug-likeness (QED) is 0.875. The Hall–Kier alpha value is -1.31. The van der Waals surface area contributed by atoms with E-state index in [0.29, 0.717) is 12.5 Å². The molecular weight excluding hydrogens is 254 g/mol. The highest BCUT2D eigenvalue weighted by molar-refractivity contribution is 6.31. The van der Waals surface area contributed by atoms with Crippen LogP contribution in [0.5, 0.6) is 0 Å². The summed E-state index contributed by atoms with van der Waals surface area (Å²) in [4.78, 5) is 0. The standard InChI is InChI=1S/C17H20ClN/c1-13-6-2-3-7-15(13)10-14(12-19)11-16-8-4-5-9-17(16)18/h2-9,14H,10-12,19H2,1H3. The second-order valence-corrected chi connectivity index (χ2v) is 5.44. The highest BCUT2D eigenvalue weighted by Gasteiger charge is 2.12. The van der Waals surface area contributed by atoms with Gasteiger partial charge in [0.15, 0.2) is 0 Å². The summed E-state index contributed by atoms with van der Waals surface area (Å²) in [6.45, 7) is 2.83. The van der Waals surface area contributed by atoms with Gasteiger partial charge in [-0.05, 0) is 55.0 Å². The first-order valence-corrected chi connectivity index (χ1v) is 7.06. The van der Waals surface area contributed by atoms with Gasteiger partial charge in [-0.3, -0.25) is 0 Å². The van der Waals surface area contributed by atoms with Crippen molar-refractivity contribution >= 4 is 11.6 Å². The number of hydrogen-bond donors (Lipinski definition) is 1. The fourth-order valence-corrected chi connectivity index (χ4v) is 2.58. The van der Waals surface area contributed by atoms with Crippen molar-refractivity contribution in [1.82, 2.24) is 0 Å². The predicted octanol–water partition coefficient (Wildman–Crippen LogP) is 4.01. The maximum absolute atomic E-state index is 6.22. The molecule has 0 aliphatic carbocycles. The molecule has 0 aliphatic rings. The van der Waals surface area contributed by atoms with Gasteiger partial charge in [-0.15, -0.1) is 0 Å². The van der Waals surface area contributed by atoms with Crippen molar-refractivity contribution in [2.75, 3.05) is 6.54 Å². The molecule has 1 unspecified atom stereocenters. The van der Waals surface area contributed by atoms with Crippen molar-refractivity contribution in [1.29, 1.82) is 0 Å². The van der Waals surface area contributed by atoms with E-state index in [1.54, 1.807) is 0 Å². The zero-order valence-electron chi connectivity index (χ0n) is 11.3. The molecule has 2 rings (SSSR count). The van der Waals surface area contributed by atoms with E-state index < -0.39 is 0 Å². The zero-order chi connectivity index (χ0) is 13.7. The summed E-state index contributed by atoms with van der Waals surface area (Å²) in [5, 5.41) is 0.839.